The summed E-state index contributed by atoms with van der Waals surface area (Å²) in [6.45, 7) is 4.96. The first kappa shape index (κ1) is 15.5. The van der Waals surface area contributed by atoms with Crippen LogP contribution in [-0.4, -0.2) is 42.6 Å². The van der Waals surface area contributed by atoms with E-state index < -0.39 is 0 Å². The van der Waals surface area contributed by atoms with Crippen molar-refractivity contribution in [3.05, 3.63) is 52.8 Å². The average Bonchev–Trinajstić information content (AvgIpc) is 3.02. The lowest BCUT2D eigenvalue weighted by atomic mass is 9.94. The zero-order valence-electron chi connectivity index (χ0n) is 13.6. The number of rotatable bonds is 3. The van der Waals surface area contributed by atoms with Crippen LogP contribution < -0.4 is 0 Å². The topological polar surface area (TPSA) is 59.2 Å². The van der Waals surface area contributed by atoms with Crippen molar-refractivity contribution >= 4 is 17.4 Å². The Labute approximate surface area is 145 Å². The first-order valence-corrected chi connectivity index (χ1v) is 8.56. The van der Waals surface area contributed by atoms with Gasteiger partial charge in [0.15, 0.2) is 0 Å². The summed E-state index contributed by atoms with van der Waals surface area (Å²) in [5, 5.41) is 5.04. The molecule has 0 spiro atoms. The highest BCUT2D eigenvalue weighted by Crippen LogP contribution is 2.28. The molecule has 6 nitrogen and oxygen atoms in total. The Hall–Kier alpha value is -2.05. The molecule has 1 atom stereocenters. The lowest BCUT2D eigenvalue weighted by Gasteiger charge is -2.33. The summed E-state index contributed by atoms with van der Waals surface area (Å²) in [6, 6.07) is 4.13. The van der Waals surface area contributed by atoms with Crippen LogP contribution in [0.3, 0.4) is 0 Å². The van der Waals surface area contributed by atoms with Crippen LogP contribution in [0.1, 0.15) is 35.7 Å². The first-order valence-electron chi connectivity index (χ1n) is 8.18. The maximum Gasteiger partial charge on any atom is 0.252 e. The predicted molar refractivity (Wildman–Crippen MR) is 92.0 cm³/mol. The van der Waals surface area contributed by atoms with Gasteiger partial charge < -0.3 is 0 Å². The minimum Gasteiger partial charge on any atom is -0.298 e. The van der Waals surface area contributed by atoms with E-state index in [-0.39, 0.29) is 0 Å². The zero-order valence-corrected chi connectivity index (χ0v) is 14.3. The van der Waals surface area contributed by atoms with Crippen LogP contribution in [0.4, 0.5) is 0 Å². The number of fused-ring (bicyclic) bond motifs is 1. The Morgan fingerprint density at radius 3 is 3.08 bits per heavy atom. The number of aromatic nitrogens is 5. The molecule has 0 radical (unpaired) electrons. The number of nitrogens with zero attached hydrogens (tertiary/aromatic N) is 6. The molecular weight excluding hydrogens is 324 g/mol. The van der Waals surface area contributed by atoms with Gasteiger partial charge in [0.25, 0.3) is 5.78 Å². The van der Waals surface area contributed by atoms with E-state index in [1.165, 1.54) is 5.69 Å². The lowest BCUT2D eigenvalue weighted by Crippen LogP contribution is -2.34. The Bertz CT molecular complexity index is 861. The van der Waals surface area contributed by atoms with Crippen molar-refractivity contribution in [1.82, 2.24) is 29.5 Å². The summed E-state index contributed by atoms with van der Waals surface area (Å²) in [6.07, 6.45) is 7.45. The Morgan fingerprint density at radius 1 is 1.29 bits per heavy atom. The van der Waals surface area contributed by atoms with Gasteiger partial charge in [-0.3, -0.25) is 9.88 Å². The molecule has 0 bridgehead atoms. The average molecular weight is 343 g/mol. The molecule has 7 heteroatoms. The van der Waals surface area contributed by atoms with Gasteiger partial charge >= 0.3 is 0 Å². The molecule has 1 aliphatic rings. The van der Waals surface area contributed by atoms with E-state index in [0.717, 1.165) is 43.7 Å². The van der Waals surface area contributed by atoms with Crippen LogP contribution in [0, 0.1) is 6.92 Å². The molecule has 0 aliphatic carbocycles. The maximum absolute atomic E-state index is 6.05. The van der Waals surface area contributed by atoms with E-state index in [4.69, 9.17) is 11.6 Å². The van der Waals surface area contributed by atoms with Gasteiger partial charge in [0, 0.05) is 37.1 Å². The number of halogens is 1. The molecule has 3 aromatic heterocycles. The van der Waals surface area contributed by atoms with Crippen molar-refractivity contribution in [2.45, 2.75) is 32.2 Å². The molecule has 1 fully saturated rings. The van der Waals surface area contributed by atoms with E-state index in [9.17, 15) is 0 Å². The molecule has 1 unspecified atom stereocenters. The quantitative estimate of drug-likeness (QED) is 0.732. The van der Waals surface area contributed by atoms with Crippen LogP contribution in [0.5, 0.6) is 0 Å². The fraction of sp³-hybridized carbons (Fsp3) is 0.412. The minimum absolute atomic E-state index is 0.428. The second-order valence-electron chi connectivity index (χ2n) is 6.38. The molecule has 0 N–H and O–H groups in total. The number of pyridine rings is 1. The van der Waals surface area contributed by atoms with Gasteiger partial charge in [-0.25, -0.2) is 9.50 Å². The molecule has 1 saturated heterocycles. The van der Waals surface area contributed by atoms with Crippen molar-refractivity contribution in [3.63, 3.8) is 0 Å². The number of hydrogen-bond acceptors (Lipinski definition) is 5. The third-order valence-corrected chi connectivity index (χ3v) is 4.71. The smallest absolute Gasteiger partial charge is 0.252 e. The van der Waals surface area contributed by atoms with Gasteiger partial charge in [0.2, 0.25) is 0 Å². The molecule has 24 heavy (non-hydrogen) atoms. The van der Waals surface area contributed by atoms with Crippen LogP contribution in [0.15, 0.2) is 30.9 Å². The summed E-state index contributed by atoms with van der Waals surface area (Å²) in [5.41, 5.74) is 3.34. The minimum atomic E-state index is 0.428. The molecule has 0 amide bonds. The Morgan fingerprint density at radius 2 is 2.21 bits per heavy atom. The highest BCUT2D eigenvalue weighted by atomic mass is 35.5. The second kappa shape index (κ2) is 6.45. The molecule has 1 aliphatic heterocycles. The SMILES string of the molecule is Cc1cc(C2CCCN(Cc3cncc(Cl)c3)C2)n2ncnc2n1. The van der Waals surface area contributed by atoms with E-state index in [2.05, 4.69) is 31.0 Å². The summed E-state index contributed by atoms with van der Waals surface area (Å²) < 4.78 is 1.88. The van der Waals surface area contributed by atoms with Crippen molar-refractivity contribution in [3.8, 4) is 0 Å². The number of hydrogen-bond donors (Lipinski definition) is 0. The van der Waals surface area contributed by atoms with Gasteiger partial charge in [-0.1, -0.05) is 11.6 Å². The predicted octanol–water partition coefficient (Wildman–Crippen LogP) is 2.86. The number of likely N-dealkylation sites (tertiary alicyclic amines) is 1. The first-order chi connectivity index (χ1) is 11.7. The van der Waals surface area contributed by atoms with E-state index in [1.54, 1.807) is 12.5 Å². The van der Waals surface area contributed by atoms with Crippen molar-refractivity contribution in [2.24, 2.45) is 0 Å². The van der Waals surface area contributed by atoms with Crippen molar-refractivity contribution in [2.75, 3.05) is 13.1 Å². The Balaban J connectivity index is 1.57. The molecule has 4 heterocycles. The molecule has 0 saturated carbocycles. The maximum atomic E-state index is 6.05. The fourth-order valence-corrected chi connectivity index (χ4v) is 3.69. The molecule has 3 aromatic rings. The largest absolute Gasteiger partial charge is 0.298 e. The van der Waals surface area contributed by atoms with Crippen LogP contribution in [-0.2, 0) is 6.54 Å². The van der Waals surface area contributed by atoms with Crippen molar-refractivity contribution in [1.29, 1.82) is 0 Å². The van der Waals surface area contributed by atoms with Gasteiger partial charge in [0.05, 0.1) is 10.7 Å². The second-order valence-corrected chi connectivity index (χ2v) is 6.82. The summed E-state index contributed by atoms with van der Waals surface area (Å²) in [7, 11) is 0. The van der Waals surface area contributed by atoms with Gasteiger partial charge in [-0.05, 0) is 44.0 Å². The van der Waals surface area contributed by atoms with Gasteiger partial charge in [-0.15, -0.1) is 0 Å². The third kappa shape index (κ3) is 3.12. The van der Waals surface area contributed by atoms with E-state index >= 15 is 0 Å². The standard InChI is InChI=1S/C17H19ClN6/c1-12-5-16(24-17(22-12)20-11-21-24)14-3-2-4-23(10-14)9-13-6-15(18)8-19-7-13/h5-8,11,14H,2-4,9-10H2,1H3. The summed E-state index contributed by atoms with van der Waals surface area (Å²) >= 11 is 6.05. The summed E-state index contributed by atoms with van der Waals surface area (Å²) in [5.74, 6) is 1.11. The van der Waals surface area contributed by atoms with Crippen molar-refractivity contribution < 1.29 is 0 Å². The van der Waals surface area contributed by atoms with Crippen LogP contribution >= 0.6 is 11.6 Å². The highest BCUT2D eigenvalue weighted by molar-refractivity contribution is 6.30. The normalized spacial score (nSPS) is 19.0. The lowest BCUT2D eigenvalue weighted by molar-refractivity contribution is 0.197. The van der Waals surface area contributed by atoms with Crippen LogP contribution in [0.25, 0.3) is 5.78 Å². The van der Waals surface area contributed by atoms with Crippen LogP contribution in [0.2, 0.25) is 5.02 Å². The van der Waals surface area contributed by atoms with Gasteiger partial charge in [-0.2, -0.15) is 10.1 Å². The van der Waals surface area contributed by atoms with E-state index in [1.807, 2.05) is 23.7 Å². The van der Waals surface area contributed by atoms with Gasteiger partial charge in [0.1, 0.15) is 6.33 Å². The fourth-order valence-electron chi connectivity index (χ4n) is 3.49. The molecule has 124 valence electrons. The number of piperidine rings is 1. The summed E-state index contributed by atoms with van der Waals surface area (Å²) in [4.78, 5) is 15.3. The molecule has 4 rings (SSSR count). The number of aryl methyl sites for hydroxylation is 1. The third-order valence-electron chi connectivity index (χ3n) is 4.50. The highest BCUT2D eigenvalue weighted by Gasteiger charge is 2.24. The van der Waals surface area contributed by atoms with E-state index in [0.29, 0.717) is 16.7 Å². The monoisotopic (exact) mass is 342 g/mol. The Kier molecular flexibility index (Phi) is 4.16. The zero-order chi connectivity index (χ0) is 16.5. The molecular formula is C17H19ClN6. The molecule has 0 aromatic carbocycles.